The number of hydrogen-bond acceptors (Lipinski definition) is 0. The first-order valence-corrected chi connectivity index (χ1v) is 6.10. The minimum Gasteiger partial charge on any atom is -0.0610 e. The molecule has 0 unspecified atom stereocenters. The predicted octanol–water partition coefficient (Wildman–Crippen LogP) is 4.49. The van der Waals surface area contributed by atoms with Gasteiger partial charge in [-0.1, -0.05) is 48.5 Å². The molecule has 0 saturated carbocycles. The van der Waals surface area contributed by atoms with Gasteiger partial charge in [0, 0.05) is 0 Å². The number of rotatable bonds is 0. The lowest BCUT2D eigenvalue weighted by atomic mass is 9.82. The Morgan fingerprint density at radius 1 is 0.647 bits per heavy atom. The Hall–Kier alpha value is -2.08. The SMILES string of the molecule is c1cc2ccc3c4ccc5c(cc(c1)c2c35)C4. The van der Waals surface area contributed by atoms with E-state index in [1.54, 1.807) is 0 Å². The van der Waals surface area contributed by atoms with E-state index in [1.807, 2.05) is 0 Å². The molecule has 6 rings (SSSR count). The Morgan fingerprint density at radius 2 is 1.47 bits per heavy atom. The molecule has 0 heterocycles. The molecule has 0 radical (unpaired) electrons. The second-order valence-corrected chi connectivity index (χ2v) is 5.05. The van der Waals surface area contributed by atoms with E-state index >= 15 is 0 Å². The lowest BCUT2D eigenvalue weighted by Crippen LogP contribution is -2.00. The van der Waals surface area contributed by atoms with Gasteiger partial charge in [0.25, 0.3) is 0 Å². The maximum absolute atomic E-state index is 2.37. The third-order valence-corrected chi connectivity index (χ3v) is 4.20. The van der Waals surface area contributed by atoms with Gasteiger partial charge in [-0.2, -0.15) is 0 Å². The summed E-state index contributed by atoms with van der Waals surface area (Å²) in [5, 5.41) is 8.61. The minimum atomic E-state index is 1.11. The largest absolute Gasteiger partial charge is 0.0610 e. The zero-order valence-corrected chi connectivity index (χ0v) is 9.33. The van der Waals surface area contributed by atoms with Gasteiger partial charge in [-0.3, -0.25) is 0 Å². The molecule has 4 aromatic carbocycles. The summed E-state index contributed by atoms with van der Waals surface area (Å²) in [5.41, 5.74) is 2.99. The van der Waals surface area contributed by atoms with Crippen molar-refractivity contribution in [3.05, 3.63) is 59.7 Å². The summed E-state index contributed by atoms with van der Waals surface area (Å²) in [6.07, 6.45) is 1.11. The van der Waals surface area contributed by atoms with Crippen LogP contribution in [-0.2, 0) is 6.42 Å². The van der Waals surface area contributed by atoms with Gasteiger partial charge in [-0.05, 0) is 49.9 Å². The zero-order chi connectivity index (χ0) is 11.0. The maximum atomic E-state index is 2.37. The molecule has 4 bridgehead atoms. The summed E-state index contributed by atoms with van der Waals surface area (Å²) >= 11 is 0. The van der Waals surface area contributed by atoms with Crippen molar-refractivity contribution in [3.8, 4) is 0 Å². The summed E-state index contributed by atoms with van der Waals surface area (Å²) in [6, 6.07) is 18.1. The van der Waals surface area contributed by atoms with Crippen molar-refractivity contribution in [2.45, 2.75) is 6.42 Å². The molecule has 0 N–H and O–H groups in total. The molecule has 78 valence electrons. The second-order valence-electron chi connectivity index (χ2n) is 5.05. The van der Waals surface area contributed by atoms with Crippen molar-refractivity contribution in [2.75, 3.05) is 0 Å². The molecular formula is C17H10. The highest BCUT2D eigenvalue weighted by molar-refractivity contribution is 6.25. The molecule has 0 aromatic heterocycles. The van der Waals surface area contributed by atoms with Crippen molar-refractivity contribution >= 4 is 32.3 Å². The highest BCUT2D eigenvalue weighted by Gasteiger charge is 2.18. The van der Waals surface area contributed by atoms with E-state index in [0.717, 1.165) is 6.42 Å². The molecule has 2 aliphatic carbocycles. The fourth-order valence-corrected chi connectivity index (χ4v) is 3.47. The van der Waals surface area contributed by atoms with Crippen LogP contribution in [0.15, 0.2) is 48.5 Å². The third-order valence-electron chi connectivity index (χ3n) is 4.20. The number of fused-ring (bicyclic) bond motifs is 1. The molecule has 0 heteroatoms. The van der Waals surface area contributed by atoms with Crippen LogP contribution in [0.2, 0.25) is 0 Å². The van der Waals surface area contributed by atoms with Gasteiger partial charge < -0.3 is 0 Å². The first kappa shape index (κ1) is 8.08. The van der Waals surface area contributed by atoms with Crippen molar-refractivity contribution in [2.24, 2.45) is 0 Å². The monoisotopic (exact) mass is 214 g/mol. The molecule has 0 aliphatic heterocycles. The molecule has 17 heavy (non-hydrogen) atoms. The zero-order valence-electron chi connectivity index (χ0n) is 9.33. The standard InChI is InChI=1S/C17H10/c1-2-10-4-6-14-11-5-7-15-13(8-11)9-12(3-1)16(10)17(14)15/h1-7,9H,8H2. The fraction of sp³-hybridized carbons (Fsp3) is 0.0588. The van der Waals surface area contributed by atoms with Gasteiger partial charge in [0.15, 0.2) is 0 Å². The summed E-state index contributed by atoms with van der Waals surface area (Å²) in [7, 11) is 0. The highest BCUT2D eigenvalue weighted by atomic mass is 14.2. The Labute approximate surface area is 98.8 Å². The Kier molecular flexibility index (Phi) is 1.15. The summed E-state index contributed by atoms with van der Waals surface area (Å²) in [5.74, 6) is 0. The van der Waals surface area contributed by atoms with E-state index < -0.39 is 0 Å². The molecule has 0 spiro atoms. The second kappa shape index (κ2) is 2.43. The number of benzene rings is 4. The van der Waals surface area contributed by atoms with Crippen LogP contribution in [0, 0.1) is 0 Å². The normalized spacial score (nSPS) is 13.6. The summed E-state index contributed by atoms with van der Waals surface area (Å²) < 4.78 is 0. The van der Waals surface area contributed by atoms with E-state index in [9.17, 15) is 0 Å². The lowest BCUT2D eigenvalue weighted by molar-refractivity contribution is 1.22. The van der Waals surface area contributed by atoms with E-state index in [1.165, 1.54) is 43.4 Å². The van der Waals surface area contributed by atoms with Gasteiger partial charge >= 0.3 is 0 Å². The lowest BCUT2D eigenvalue weighted by Gasteiger charge is -2.21. The smallest absolute Gasteiger partial charge is 0.00132 e. The van der Waals surface area contributed by atoms with Crippen molar-refractivity contribution in [1.82, 2.24) is 0 Å². The molecule has 2 aliphatic rings. The van der Waals surface area contributed by atoms with Crippen LogP contribution in [0.5, 0.6) is 0 Å². The molecule has 0 fully saturated rings. The van der Waals surface area contributed by atoms with Gasteiger partial charge in [0.05, 0.1) is 0 Å². The van der Waals surface area contributed by atoms with Crippen LogP contribution in [0.3, 0.4) is 0 Å². The molecule has 0 nitrogen and oxygen atoms in total. The highest BCUT2D eigenvalue weighted by Crippen LogP contribution is 2.42. The Balaban J connectivity index is 2.34. The molecular weight excluding hydrogens is 204 g/mol. The van der Waals surface area contributed by atoms with Crippen molar-refractivity contribution in [1.29, 1.82) is 0 Å². The van der Waals surface area contributed by atoms with Crippen LogP contribution >= 0.6 is 0 Å². The fourth-order valence-electron chi connectivity index (χ4n) is 3.47. The minimum absolute atomic E-state index is 1.11. The van der Waals surface area contributed by atoms with Crippen LogP contribution in [0.4, 0.5) is 0 Å². The molecule has 0 amide bonds. The first-order chi connectivity index (χ1) is 8.42. The van der Waals surface area contributed by atoms with Crippen LogP contribution in [-0.4, -0.2) is 0 Å². The Bertz CT molecular complexity index is 895. The average Bonchev–Trinajstić information content (AvgIpc) is 2.39. The van der Waals surface area contributed by atoms with Crippen molar-refractivity contribution < 1.29 is 0 Å². The van der Waals surface area contributed by atoms with Gasteiger partial charge in [0.2, 0.25) is 0 Å². The van der Waals surface area contributed by atoms with Gasteiger partial charge in [-0.25, -0.2) is 0 Å². The van der Waals surface area contributed by atoms with E-state index in [2.05, 4.69) is 48.5 Å². The van der Waals surface area contributed by atoms with E-state index in [-0.39, 0.29) is 0 Å². The molecule has 0 atom stereocenters. The maximum Gasteiger partial charge on any atom is -0.00132 e. The topological polar surface area (TPSA) is 0 Å². The van der Waals surface area contributed by atoms with Crippen LogP contribution in [0.25, 0.3) is 32.3 Å². The van der Waals surface area contributed by atoms with Gasteiger partial charge in [-0.15, -0.1) is 0 Å². The predicted molar refractivity (Wildman–Crippen MR) is 73.0 cm³/mol. The van der Waals surface area contributed by atoms with E-state index in [4.69, 9.17) is 0 Å². The van der Waals surface area contributed by atoms with Crippen molar-refractivity contribution in [3.63, 3.8) is 0 Å². The molecule has 4 aromatic rings. The van der Waals surface area contributed by atoms with Crippen LogP contribution < -0.4 is 0 Å². The first-order valence-electron chi connectivity index (χ1n) is 6.10. The average molecular weight is 214 g/mol. The molecule has 0 saturated heterocycles. The quantitative estimate of drug-likeness (QED) is 0.333. The van der Waals surface area contributed by atoms with Crippen LogP contribution in [0.1, 0.15) is 11.1 Å². The number of hydrogen-bond donors (Lipinski definition) is 0. The van der Waals surface area contributed by atoms with E-state index in [0.29, 0.717) is 0 Å². The third kappa shape index (κ3) is 0.794. The summed E-state index contributed by atoms with van der Waals surface area (Å²) in [6.45, 7) is 0. The Morgan fingerprint density at radius 3 is 2.47 bits per heavy atom. The van der Waals surface area contributed by atoms with Gasteiger partial charge in [0.1, 0.15) is 0 Å². The summed E-state index contributed by atoms with van der Waals surface area (Å²) in [4.78, 5) is 0.